The number of nitrogen functional groups attached to an aromatic ring is 1. The van der Waals surface area contributed by atoms with E-state index in [9.17, 15) is 4.79 Å². The molecule has 4 N–H and O–H groups in total. The number of carbonyl (C=O) groups excluding carboxylic acids is 1. The minimum Gasteiger partial charge on any atom is -0.397 e. The highest BCUT2D eigenvalue weighted by Gasteiger charge is 2.21. The van der Waals surface area contributed by atoms with Crippen molar-refractivity contribution >= 4 is 11.6 Å². The summed E-state index contributed by atoms with van der Waals surface area (Å²) in [6.45, 7) is 3.22. The number of hydrogen-bond acceptors (Lipinski definition) is 4. The molecule has 0 unspecified atom stereocenters. The van der Waals surface area contributed by atoms with Gasteiger partial charge < -0.3 is 16.2 Å². The predicted molar refractivity (Wildman–Crippen MR) is 64.7 cm³/mol. The molecular formula is C12H17N3O2. The van der Waals surface area contributed by atoms with Gasteiger partial charge in [-0.15, -0.1) is 0 Å². The summed E-state index contributed by atoms with van der Waals surface area (Å²) in [5, 5.41) is 0. The first kappa shape index (κ1) is 11.9. The van der Waals surface area contributed by atoms with E-state index in [1.54, 1.807) is 13.0 Å². The van der Waals surface area contributed by atoms with E-state index in [2.05, 4.69) is 4.98 Å². The van der Waals surface area contributed by atoms with Crippen LogP contribution in [0.4, 0.5) is 5.69 Å². The fourth-order valence-electron chi connectivity index (χ4n) is 2.20. The van der Waals surface area contributed by atoms with Gasteiger partial charge in [0.2, 0.25) is 0 Å². The summed E-state index contributed by atoms with van der Waals surface area (Å²) in [5.41, 5.74) is 13.7. The molecule has 2 heterocycles. The van der Waals surface area contributed by atoms with Crippen molar-refractivity contribution < 1.29 is 9.53 Å². The summed E-state index contributed by atoms with van der Waals surface area (Å²) in [5.74, 6) is -0.238. The SMILES string of the molecule is Cc1cc(N)c(C2CCOCC2)nc1C(N)=O. The zero-order chi connectivity index (χ0) is 12.4. The van der Waals surface area contributed by atoms with Gasteiger partial charge in [-0.1, -0.05) is 0 Å². The zero-order valence-electron chi connectivity index (χ0n) is 9.90. The predicted octanol–water partition coefficient (Wildman–Crippen LogP) is 0.965. The van der Waals surface area contributed by atoms with Crippen molar-refractivity contribution in [3.05, 3.63) is 23.0 Å². The molecule has 0 spiro atoms. The maximum atomic E-state index is 11.3. The van der Waals surface area contributed by atoms with Crippen LogP contribution < -0.4 is 11.5 Å². The molecular weight excluding hydrogens is 218 g/mol. The number of ether oxygens (including phenoxy) is 1. The van der Waals surface area contributed by atoms with Gasteiger partial charge in [-0.25, -0.2) is 4.98 Å². The fourth-order valence-corrected chi connectivity index (χ4v) is 2.20. The first-order valence-electron chi connectivity index (χ1n) is 5.74. The number of aryl methyl sites for hydroxylation is 1. The second-order valence-corrected chi connectivity index (χ2v) is 4.38. The Kier molecular flexibility index (Phi) is 3.28. The molecule has 1 fully saturated rings. The van der Waals surface area contributed by atoms with Crippen molar-refractivity contribution in [2.24, 2.45) is 5.73 Å². The number of nitrogens with zero attached hydrogens (tertiary/aromatic N) is 1. The van der Waals surface area contributed by atoms with Crippen molar-refractivity contribution in [1.82, 2.24) is 4.98 Å². The second-order valence-electron chi connectivity index (χ2n) is 4.38. The van der Waals surface area contributed by atoms with Gasteiger partial charge in [0.1, 0.15) is 5.69 Å². The van der Waals surface area contributed by atoms with E-state index in [4.69, 9.17) is 16.2 Å². The van der Waals surface area contributed by atoms with E-state index < -0.39 is 5.91 Å². The van der Waals surface area contributed by atoms with Crippen molar-refractivity contribution in [2.45, 2.75) is 25.7 Å². The van der Waals surface area contributed by atoms with E-state index in [-0.39, 0.29) is 5.92 Å². The number of nitrogens with two attached hydrogens (primary N) is 2. The highest BCUT2D eigenvalue weighted by atomic mass is 16.5. The van der Waals surface area contributed by atoms with Crippen molar-refractivity contribution in [1.29, 1.82) is 0 Å². The topological polar surface area (TPSA) is 91.2 Å². The molecule has 17 heavy (non-hydrogen) atoms. The largest absolute Gasteiger partial charge is 0.397 e. The Hall–Kier alpha value is -1.62. The average molecular weight is 235 g/mol. The van der Waals surface area contributed by atoms with Crippen LogP contribution in [0, 0.1) is 6.92 Å². The van der Waals surface area contributed by atoms with Gasteiger partial charge in [0.15, 0.2) is 0 Å². The third-order valence-electron chi connectivity index (χ3n) is 3.11. The summed E-state index contributed by atoms with van der Waals surface area (Å²) < 4.78 is 5.30. The Morgan fingerprint density at radius 2 is 2.12 bits per heavy atom. The summed E-state index contributed by atoms with van der Waals surface area (Å²) in [4.78, 5) is 15.6. The van der Waals surface area contributed by atoms with Crippen LogP contribution in [0.15, 0.2) is 6.07 Å². The van der Waals surface area contributed by atoms with Gasteiger partial charge in [0, 0.05) is 19.1 Å². The monoisotopic (exact) mass is 235 g/mol. The Labute approximate surface area is 100 Å². The lowest BCUT2D eigenvalue weighted by Gasteiger charge is -2.23. The van der Waals surface area contributed by atoms with Gasteiger partial charge in [0.05, 0.1) is 11.4 Å². The Bertz CT molecular complexity index is 440. The highest BCUT2D eigenvalue weighted by molar-refractivity contribution is 5.92. The molecule has 0 saturated carbocycles. The van der Waals surface area contributed by atoms with Crippen LogP contribution in [-0.4, -0.2) is 24.1 Å². The maximum absolute atomic E-state index is 11.3. The van der Waals surface area contributed by atoms with Gasteiger partial charge in [-0.2, -0.15) is 0 Å². The lowest BCUT2D eigenvalue weighted by Crippen LogP contribution is -2.21. The molecule has 0 radical (unpaired) electrons. The normalized spacial score (nSPS) is 17.0. The molecule has 1 aliphatic heterocycles. The number of rotatable bonds is 2. The number of anilines is 1. The van der Waals surface area contributed by atoms with Crippen LogP contribution >= 0.6 is 0 Å². The summed E-state index contributed by atoms with van der Waals surface area (Å²) in [6, 6.07) is 1.78. The standard InChI is InChI=1S/C12H17N3O2/c1-7-6-9(13)11(15-10(7)12(14)16)8-2-4-17-5-3-8/h6,8H,2-5,13H2,1H3,(H2,14,16). The van der Waals surface area contributed by atoms with Gasteiger partial charge in [-0.3, -0.25) is 4.79 Å². The van der Waals surface area contributed by atoms with Crippen LogP contribution in [0.1, 0.15) is 40.5 Å². The van der Waals surface area contributed by atoms with Gasteiger partial charge in [0.25, 0.3) is 5.91 Å². The lowest BCUT2D eigenvalue weighted by molar-refractivity contribution is 0.0845. The third kappa shape index (κ3) is 2.39. The fraction of sp³-hybridized carbons (Fsp3) is 0.500. The van der Waals surface area contributed by atoms with Crippen LogP contribution in [-0.2, 0) is 4.74 Å². The van der Waals surface area contributed by atoms with Gasteiger partial charge in [-0.05, 0) is 31.4 Å². The minimum atomic E-state index is -0.504. The van der Waals surface area contributed by atoms with E-state index in [0.29, 0.717) is 24.6 Å². The third-order valence-corrected chi connectivity index (χ3v) is 3.11. The molecule has 2 rings (SSSR count). The smallest absolute Gasteiger partial charge is 0.267 e. The molecule has 5 heteroatoms. The second kappa shape index (κ2) is 4.71. The van der Waals surface area contributed by atoms with Crippen molar-refractivity contribution in [3.8, 4) is 0 Å². The molecule has 0 atom stereocenters. The minimum absolute atomic E-state index is 0.266. The van der Waals surface area contributed by atoms with Crippen molar-refractivity contribution in [3.63, 3.8) is 0 Å². The number of primary amides is 1. The quantitative estimate of drug-likeness (QED) is 0.798. The summed E-state index contributed by atoms with van der Waals surface area (Å²) >= 11 is 0. The number of aromatic nitrogens is 1. The molecule has 1 aromatic heterocycles. The first-order valence-corrected chi connectivity index (χ1v) is 5.74. The van der Waals surface area contributed by atoms with Crippen LogP contribution in [0.3, 0.4) is 0 Å². The van der Waals surface area contributed by atoms with E-state index in [1.165, 1.54) is 0 Å². The number of pyridine rings is 1. The first-order chi connectivity index (χ1) is 8.09. The van der Waals surface area contributed by atoms with Crippen LogP contribution in [0.2, 0.25) is 0 Å². The lowest BCUT2D eigenvalue weighted by atomic mass is 9.94. The summed E-state index contributed by atoms with van der Waals surface area (Å²) in [6.07, 6.45) is 1.77. The maximum Gasteiger partial charge on any atom is 0.267 e. The molecule has 0 bridgehead atoms. The highest BCUT2D eigenvalue weighted by Crippen LogP contribution is 2.30. The molecule has 5 nitrogen and oxygen atoms in total. The summed E-state index contributed by atoms with van der Waals surface area (Å²) in [7, 11) is 0. The molecule has 1 aromatic rings. The molecule has 0 aromatic carbocycles. The van der Waals surface area contributed by atoms with E-state index in [1.807, 2.05) is 0 Å². The zero-order valence-corrected chi connectivity index (χ0v) is 9.90. The molecule has 1 saturated heterocycles. The van der Waals surface area contributed by atoms with E-state index >= 15 is 0 Å². The van der Waals surface area contributed by atoms with Crippen molar-refractivity contribution in [2.75, 3.05) is 18.9 Å². The Balaban J connectivity index is 2.38. The number of hydrogen-bond donors (Lipinski definition) is 2. The molecule has 92 valence electrons. The Morgan fingerprint density at radius 3 is 2.71 bits per heavy atom. The van der Waals surface area contributed by atoms with E-state index in [0.717, 1.165) is 24.1 Å². The van der Waals surface area contributed by atoms with Crippen LogP contribution in [0.25, 0.3) is 0 Å². The number of amides is 1. The molecule has 1 aliphatic rings. The number of carbonyl (C=O) groups is 1. The van der Waals surface area contributed by atoms with Gasteiger partial charge >= 0.3 is 0 Å². The molecule has 1 amide bonds. The Morgan fingerprint density at radius 1 is 1.47 bits per heavy atom. The average Bonchev–Trinajstić information content (AvgIpc) is 2.29. The molecule has 0 aliphatic carbocycles. The van der Waals surface area contributed by atoms with Crippen LogP contribution in [0.5, 0.6) is 0 Å².